The van der Waals surface area contributed by atoms with E-state index in [2.05, 4.69) is 52.1 Å². The number of rotatable bonds is 8. The fourth-order valence-corrected chi connectivity index (χ4v) is 2.51. The molecule has 1 amide bonds. The van der Waals surface area contributed by atoms with Gasteiger partial charge in [0.1, 0.15) is 17.8 Å². The number of nitrogens with one attached hydrogen (secondary N) is 3. The Labute approximate surface area is 169 Å². The molecular weight excluding hydrogens is 368 g/mol. The number of carbonyl (C=O) groups is 1. The van der Waals surface area contributed by atoms with E-state index in [1.54, 1.807) is 12.1 Å². The third-order valence-electron chi connectivity index (χ3n) is 4.16. The standard InChI is InChI=1S/C21H24N6O2/c1-14(2)15-8-10-16(11-9-15)25-20-19(22)21(24-13-23-20)27-26-18(28)12-29-17-6-4-3-5-7-17/h3-11,13-14H,12,22H2,1-2H3,(H,26,28)(H2,23,24,25,27). The smallest absolute Gasteiger partial charge is 0.276 e. The Morgan fingerprint density at radius 3 is 2.41 bits per heavy atom. The number of amides is 1. The first-order valence-corrected chi connectivity index (χ1v) is 9.23. The second-order valence-electron chi connectivity index (χ2n) is 6.66. The van der Waals surface area contributed by atoms with Crippen LogP contribution in [0.15, 0.2) is 60.9 Å². The molecule has 0 bridgehead atoms. The topological polar surface area (TPSA) is 114 Å². The number of anilines is 4. The molecule has 0 aliphatic carbocycles. The van der Waals surface area contributed by atoms with E-state index in [9.17, 15) is 4.79 Å². The molecule has 0 atom stereocenters. The number of nitrogen functional groups attached to an aromatic ring is 1. The summed E-state index contributed by atoms with van der Waals surface area (Å²) >= 11 is 0. The summed E-state index contributed by atoms with van der Waals surface area (Å²) in [6.45, 7) is 4.14. The summed E-state index contributed by atoms with van der Waals surface area (Å²) in [5, 5.41) is 3.16. The summed E-state index contributed by atoms with van der Waals surface area (Å²) < 4.78 is 5.39. The summed E-state index contributed by atoms with van der Waals surface area (Å²) in [7, 11) is 0. The van der Waals surface area contributed by atoms with Crippen LogP contribution in [-0.4, -0.2) is 22.5 Å². The van der Waals surface area contributed by atoms with Gasteiger partial charge in [-0.15, -0.1) is 0 Å². The van der Waals surface area contributed by atoms with Gasteiger partial charge in [-0.2, -0.15) is 0 Å². The highest BCUT2D eigenvalue weighted by atomic mass is 16.5. The van der Waals surface area contributed by atoms with E-state index in [1.165, 1.54) is 11.9 Å². The third kappa shape index (κ3) is 5.58. The molecule has 3 rings (SSSR count). The van der Waals surface area contributed by atoms with Crippen molar-refractivity contribution in [1.82, 2.24) is 15.4 Å². The van der Waals surface area contributed by atoms with Gasteiger partial charge in [-0.05, 0) is 35.7 Å². The van der Waals surface area contributed by atoms with Gasteiger partial charge in [0, 0.05) is 5.69 Å². The van der Waals surface area contributed by atoms with E-state index >= 15 is 0 Å². The molecule has 0 aliphatic rings. The average Bonchev–Trinajstić information content (AvgIpc) is 2.74. The zero-order valence-corrected chi connectivity index (χ0v) is 16.3. The molecule has 1 heterocycles. The van der Waals surface area contributed by atoms with Crippen LogP contribution in [-0.2, 0) is 4.79 Å². The first-order chi connectivity index (χ1) is 14.0. The lowest BCUT2D eigenvalue weighted by Gasteiger charge is -2.14. The van der Waals surface area contributed by atoms with Crippen LogP contribution in [0, 0.1) is 0 Å². The molecule has 1 aromatic heterocycles. The van der Waals surface area contributed by atoms with Gasteiger partial charge in [0.15, 0.2) is 18.2 Å². The molecule has 3 aromatic rings. The maximum absolute atomic E-state index is 12.0. The highest BCUT2D eigenvalue weighted by molar-refractivity contribution is 5.82. The average molecular weight is 392 g/mol. The fraction of sp³-hybridized carbons (Fsp3) is 0.190. The summed E-state index contributed by atoms with van der Waals surface area (Å²) in [5.74, 6) is 1.42. The van der Waals surface area contributed by atoms with Crippen LogP contribution in [0.2, 0.25) is 0 Å². The van der Waals surface area contributed by atoms with E-state index in [0.29, 0.717) is 17.5 Å². The van der Waals surface area contributed by atoms with Crippen molar-refractivity contribution in [3.05, 3.63) is 66.5 Å². The molecule has 8 heteroatoms. The number of carbonyl (C=O) groups excluding carboxylic acids is 1. The van der Waals surface area contributed by atoms with Crippen LogP contribution < -0.4 is 26.6 Å². The first kappa shape index (κ1) is 19.9. The number of nitrogens with two attached hydrogens (primary N) is 1. The highest BCUT2D eigenvalue weighted by Crippen LogP contribution is 2.26. The maximum atomic E-state index is 12.0. The summed E-state index contributed by atoms with van der Waals surface area (Å²) in [6, 6.07) is 17.1. The Balaban J connectivity index is 1.57. The molecular formula is C21H24N6O2. The number of benzene rings is 2. The van der Waals surface area contributed by atoms with E-state index < -0.39 is 0 Å². The van der Waals surface area contributed by atoms with Crippen LogP contribution >= 0.6 is 0 Å². The number of aromatic nitrogens is 2. The molecule has 0 radical (unpaired) electrons. The number of nitrogens with zero attached hydrogens (tertiary/aromatic N) is 2. The molecule has 2 aromatic carbocycles. The van der Waals surface area contributed by atoms with Crippen LogP contribution in [0.3, 0.4) is 0 Å². The van der Waals surface area contributed by atoms with Crippen molar-refractivity contribution in [1.29, 1.82) is 0 Å². The van der Waals surface area contributed by atoms with Crippen LogP contribution in [0.25, 0.3) is 0 Å². The number of hydrazine groups is 1. The van der Waals surface area contributed by atoms with E-state index in [0.717, 1.165) is 5.69 Å². The van der Waals surface area contributed by atoms with Crippen molar-refractivity contribution in [2.75, 3.05) is 23.1 Å². The van der Waals surface area contributed by atoms with Crippen molar-refractivity contribution in [2.24, 2.45) is 0 Å². The molecule has 0 fully saturated rings. The van der Waals surface area contributed by atoms with E-state index in [-0.39, 0.29) is 24.0 Å². The van der Waals surface area contributed by atoms with Gasteiger partial charge in [-0.25, -0.2) is 9.97 Å². The van der Waals surface area contributed by atoms with Crippen LogP contribution in [0.4, 0.5) is 23.0 Å². The normalized spacial score (nSPS) is 10.4. The molecule has 5 N–H and O–H groups in total. The highest BCUT2D eigenvalue weighted by Gasteiger charge is 2.10. The second kappa shape index (κ2) is 9.41. The molecule has 29 heavy (non-hydrogen) atoms. The predicted molar refractivity (Wildman–Crippen MR) is 114 cm³/mol. The van der Waals surface area contributed by atoms with Gasteiger partial charge in [-0.3, -0.25) is 15.6 Å². The molecule has 0 saturated carbocycles. The Morgan fingerprint density at radius 2 is 1.72 bits per heavy atom. The van der Waals surface area contributed by atoms with Gasteiger partial charge in [0.2, 0.25) is 0 Å². The second-order valence-corrected chi connectivity index (χ2v) is 6.66. The number of hydrogen-bond donors (Lipinski definition) is 4. The largest absolute Gasteiger partial charge is 0.484 e. The summed E-state index contributed by atoms with van der Waals surface area (Å²) in [4.78, 5) is 20.2. The minimum Gasteiger partial charge on any atom is -0.484 e. The molecule has 150 valence electrons. The minimum absolute atomic E-state index is 0.144. The zero-order valence-electron chi connectivity index (χ0n) is 16.3. The van der Waals surface area contributed by atoms with Gasteiger partial charge < -0.3 is 15.8 Å². The van der Waals surface area contributed by atoms with Crippen LogP contribution in [0.1, 0.15) is 25.3 Å². The van der Waals surface area contributed by atoms with Gasteiger partial charge in [0.05, 0.1) is 0 Å². The van der Waals surface area contributed by atoms with Gasteiger partial charge >= 0.3 is 0 Å². The van der Waals surface area contributed by atoms with E-state index in [1.807, 2.05) is 30.3 Å². The Hall–Kier alpha value is -3.81. The van der Waals surface area contributed by atoms with Gasteiger partial charge in [0.25, 0.3) is 5.91 Å². The molecule has 0 spiro atoms. The Morgan fingerprint density at radius 1 is 1.03 bits per heavy atom. The minimum atomic E-state index is -0.370. The molecule has 0 aliphatic heterocycles. The zero-order chi connectivity index (χ0) is 20.6. The monoisotopic (exact) mass is 392 g/mol. The summed E-state index contributed by atoms with van der Waals surface area (Å²) in [5.41, 5.74) is 13.7. The first-order valence-electron chi connectivity index (χ1n) is 9.23. The van der Waals surface area contributed by atoms with Crippen molar-refractivity contribution in [2.45, 2.75) is 19.8 Å². The Bertz CT molecular complexity index is 945. The maximum Gasteiger partial charge on any atom is 0.276 e. The van der Waals surface area contributed by atoms with Crippen molar-refractivity contribution < 1.29 is 9.53 Å². The number of hydrogen-bond acceptors (Lipinski definition) is 7. The third-order valence-corrected chi connectivity index (χ3v) is 4.16. The molecule has 0 saturated heterocycles. The SMILES string of the molecule is CC(C)c1ccc(Nc2ncnc(NNC(=O)COc3ccccc3)c2N)cc1. The molecule has 0 unspecified atom stereocenters. The molecule has 8 nitrogen and oxygen atoms in total. The fourth-order valence-electron chi connectivity index (χ4n) is 2.51. The summed E-state index contributed by atoms with van der Waals surface area (Å²) in [6.07, 6.45) is 1.36. The van der Waals surface area contributed by atoms with Crippen molar-refractivity contribution in [3.8, 4) is 5.75 Å². The Kier molecular flexibility index (Phi) is 6.47. The van der Waals surface area contributed by atoms with Gasteiger partial charge in [-0.1, -0.05) is 44.2 Å². The quantitative estimate of drug-likeness (QED) is 0.434. The van der Waals surface area contributed by atoms with Crippen molar-refractivity contribution >= 4 is 28.9 Å². The lowest BCUT2D eigenvalue weighted by molar-refractivity contribution is -0.122. The van der Waals surface area contributed by atoms with E-state index in [4.69, 9.17) is 10.5 Å². The number of ether oxygens (including phenoxy) is 1. The predicted octanol–water partition coefficient (Wildman–Crippen LogP) is 3.45. The number of para-hydroxylation sites is 1. The lowest BCUT2D eigenvalue weighted by Crippen LogP contribution is -2.34. The lowest BCUT2D eigenvalue weighted by atomic mass is 10.0. The van der Waals surface area contributed by atoms with Crippen LogP contribution in [0.5, 0.6) is 5.75 Å². The van der Waals surface area contributed by atoms with Crippen molar-refractivity contribution in [3.63, 3.8) is 0 Å².